The number of alkyl carbamates (subject to hydrolysis) is 1. The molecule has 0 saturated heterocycles. The van der Waals surface area contributed by atoms with E-state index < -0.39 is 11.7 Å². The highest BCUT2D eigenvalue weighted by Gasteiger charge is 2.28. The summed E-state index contributed by atoms with van der Waals surface area (Å²) < 4.78 is 11.1. The summed E-state index contributed by atoms with van der Waals surface area (Å²) in [7, 11) is 0. The van der Waals surface area contributed by atoms with E-state index in [0.717, 1.165) is 12.2 Å². The first-order chi connectivity index (χ1) is 12.3. The third-order valence-electron chi connectivity index (χ3n) is 3.78. The third-order valence-corrected chi connectivity index (χ3v) is 4.67. The van der Waals surface area contributed by atoms with E-state index in [1.165, 1.54) is 17.3 Å². The van der Waals surface area contributed by atoms with Crippen LogP contribution in [0.1, 0.15) is 58.5 Å². The summed E-state index contributed by atoms with van der Waals surface area (Å²) in [6, 6.07) is 9.70. The van der Waals surface area contributed by atoms with Crippen molar-refractivity contribution < 1.29 is 13.9 Å². The molecule has 1 N–H and O–H groups in total. The molecule has 1 heterocycles. The molecule has 142 valence electrons. The molecule has 2 rings (SSSR count). The number of nitrogens with zero attached hydrogens (tertiary/aromatic N) is 2. The fourth-order valence-electron chi connectivity index (χ4n) is 2.24. The predicted molar refractivity (Wildman–Crippen MR) is 102 cm³/mol. The molecule has 2 unspecified atom stereocenters. The molecule has 6 nitrogen and oxygen atoms in total. The number of rotatable bonds is 7. The maximum absolute atomic E-state index is 12.2. The molecule has 0 aliphatic heterocycles. The standard InChI is InChI=1S/C19H27N3O3S/c1-6-13(2)15(20-17(23)25-19(3,4)5)16-21-22-18(24-16)26-12-14-10-8-7-9-11-14/h7-11,13,15H,6,12H2,1-5H3,(H,20,23). The molecule has 0 aliphatic carbocycles. The van der Waals surface area contributed by atoms with E-state index in [1.54, 1.807) is 0 Å². The molecule has 1 aromatic carbocycles. The van der Waals surface area contributed by atoms with Gasteiger partial charge in [-0.05, 0) is 32.3 Å². The van der Waals surface area contributed by atoms with E-state index in [-0.39, 0.29) is 12.0 Å². The van der Waals surface area contributed by atoms with Crippen molar-refractivity contribution >= 4 is 17.9 Å². The SMILES string of the molecule is CCC(C)C(NC(=O)OC(C)(C)C)c1nnc(SCc2ccccc2)o1. The Morgan fingerprint density at radius 3 is 2.58 bits per heavy atom. The van der Waals surface area contributed by atoms with Gasteiger partial charge in [-0.25, -0.2) is 4.79 Å². The first kappa shape index (κ1) is 20.3. The summed E-state index contributed by atoms with van der Waals surface area (Å²) in [6.07, 6.45) is 0.370. The van der Waals surface area contributed by atoms with Crippen LogP contribution in [0.15, 0.2) is 40.0 Å². The van der Waals surface area contributed by atoms with E-state index in [9.17, 15) is 4.79 Å². The molecule has 2 aromatic rings. The van der Waals surface area contributed by atoms with Crippen LogP contribution in [0.2, 0.25) is 0 Å². The van der Waals surface area contributed by atoms with Gasteiger partial charge < -0.3 is 14.5 Å². The number of amides is 1. The number of nitrogens with one attached hydrogen (secondary N) is 1. The van der Waals surface area contributed by atoms with Gasteiger partial charge >= 0.3 is 6.09 Å². The topological polar surface area (TPSA) is 77.2 Å². The molecule has 1 aromatic heterocycles. The van der Waals surface area contributed by atoms with Crippen molar-refractivity contribution in [2.24, 2.45) is 5.92 Å². The van der Waals surface area contributed by atoms with Crippen molar-refractivity contribution in [3.63, 3.8) is 0 Å². The molecule has 0 bridgehead atoms. The second-order valence-corrected chi connectivity index (χ2v) is 8.12. The van der Waals surface area contributed by atoms with Crippen LogP contribution in [0.4, 0.5) is 4.79 Å². The molecule has 26 heavy (non-hydrogen) atoms. The van der Waals surface area contributed by atoms with Gasteiger partial charge in [-0.3, -0.25) is 0 Å². The minimum atomic E-state index is -0.560. The van der Waals surface area contributed by atoms with Crippen LogP contribution in [0.25, 0.3) is 0 Å². The largest absolute Gasteiger partial charge is 0.444 e. The Bertz CT molecular complexity index is 698. The second-order valence-electron chi connectivity index (χ2n) is 7.19. The van der Waals surface area contributed by atoms with Gasteiger partial charge in [0, 0.05) is 5.75 Å². The molecule has 0 fully saturated rings. The Morgan fingerprint density at radius 2 is 1.96 bits per heavy atom. The first-order valence-electron chi connectivity index (χ1n) is 8.78. The summed E-state index contributed by atoms with van der Waals surface area (Å²) >= 11 is 1.48. The van der Waals surface area contributed by atoms with Crippen LogP contribution in [-0.2, 0) is 10.5 Å². The fraction of sp³-hybridized carbons (Fsp3) is 0.526. The first-order valence-corrected chi connectivity index (χ1v) is 9.76. The third kappa shape index (κ3) is 6.37. The zero-order valence-corrected chi connectivity index (χ0v) is 16.8. The number of carbonyl (C=O) groups is 1. The average molecular weight is 378 g/mol. The summed E-state index contributed by atoms with van der Waals surface area (Å²) in [6.45, 7) is 9.57. The van der Waals surface area contributed by atoms with Crippen molar-refractivity contribution in [3.05, 3.63) is 41.8 Å². The summed E-state index contributed by atoms with van der Waals surface area (Å²) in [4.78, 5) is 12.2. The highest BCUT2D eigenvalue weighted by atomic mass is 32.2. The van der Waals surface area contributed by atoms with Crippen LogP contribution in [-0.4, -0.2) is 21.9 Å². The predicted octanol–water partition coefficient (Wildman–Crippen LogP) is 4.97. The Kier molecular flexibility index (Phi) is 7.08. The van der Waals surface area contributed by atoms with E-state index in [0.29, 0.717) is 11.1 Å². The van der Waals surface area contributed by atoms with Gasteiger partial charge in [0.2, 0.25) is 5.89 Å². The Labute approximate surface area is 159 Å². The monoisotopic (exact) mass is 377 g/mol. The second kappa shape index (κ2) is 9.07. The summed E-state index contributed by atoms with van der Waals surface area (Å²) in [5.41, 5.74) is 0.623. The van der Waals surface area contributed by atoms with Crippen LogP contribution in [0.3, 0.4) is 0 Å². The average Bonchev–Trinajstić information content (AvgIpc) is 3.05. The molecule has 1 amide bonds. The van der Waals surface area contributed by atoms with Crippen molar-refractivity contribution in [2.75, 3.05) is 0 Å². The highest BCUT2D eigenvalue weighted by molar-refractivity contribution is 7.98. The van der Waals surface area contributed by atoms with Gasteiger partial charge in [-0.15, -0.1) is 10.2 Å². The van der Waals surface area contributed by atoms with Crippen LogP contribution in [0, 0.1) is 5.92 Å². The van der Waals surface area contributed by atoms with Crippen LogP contribution >= 0.6 is 11.8 Å². The van der Waals surface area contributed by atoms with Crippen molar-refractivity contribution in [3.8, 4) is 0 Å². The lowest BCUT2D eigenvalue weighted by molar-refractivity contribution is 0.0474. The zero-order chi connectivity index (χ0) is 19.2. The van der Waals surface area contributed by atoms with Crippen molar-refractivity contribution in [1.29, 1.82) is 0 Å². The minimum Gasteiger partial charge on any atom is -0.444 e. The fourth-order valence-corrected chi connectivity index (χ4v) is 2.97. The molecule has 0 aliphatic rings. The highest BCUT2D eigenvalue weighted by Crippen LogP contribution is 2.28. The maximum Gasteiger partial charge on any atom is 0.408 e. The normalized spacial score (nSPS) is 13.9. The number of ether oxygens (including phenoxy) is 1. The van der Waals surface area contributed by atoms with Crippen molar-refractivity contribution in [2.45, 2.75) is 63.7 Å². The molecular formula is C19H27N3O3S. The Hall–Kier alpha value is -2.02. The Balaban J connectivity index is 2.04. The van der Waals surface area contributed by atoms with Crippen molar-refractivity contribution in [1.82, 2.24) is 15.5 Å². The molecule has 2 atom stereocenters. The van der Waals surface area contributed by atoms with E-state index >= 15 is 0 Å². The maximum atomic E-state index is 12.2. The lowest BCUT2D eigenvalue weighted by Gasteiger charge is -2.24. The molecule has 0 spiro atoms. The van der Waals surface area contributed by atoms with E-state index in [2.05, 4.69) is 34.6 Å². The van der Waals surface area contributed by atoms with Gasteiger partial charge in [-0.1, -0.05) is 62.4 Å². The number of thioether (sulfide) groups is 1. The lowest BCUT2D eigenvalue weighted by Crippen LogP contribution is -2.37. The minimum absolute atomic E-state index is 0.134. The summed E-state index contributed by atoms with van der Waals surface area (Å²) in [5.74, 6) is 1.28. The van der Waals surface area contributed by atoms with E-state index in [4.69, 9.17) is 9.15 Å². The molecular weight excluding hydrogens is 350 g/mol. The quantitative estimate of drug-likeness (QED) is 0.686. The number of hydrogen-bond donors (Lipinski definition) is 1. The van der Waals surface area contributed by atoms with Crippen LogP contribution < -0.4 is 5.32 Å². The van der Waals surface area contributed by atoms with E-state index in [1.807, 2.05) is 45.9 Å². The van der Waals surface area contributed by atoms with Gasteiger partial charge in [0.1, 0.15) is 11.6 Å². The molecule has 0 radical (unpaired) electrons. The molecule has 7 heteroatoms. The van der Waals surface area contributed by atoms with Gasteiger partial charge in [0.25, 0.3) is 5.22 Å². The number of hydrogen-bond acceptors (Lipinski definition) is 6. The number of benzene rings is 1. The van der Waals surface area contributed by atoms with Gasteiger partial charge in [0.15, 0.2) is 0 Å². The van der Waals surface area contributed by atoms with Gasteiger partial charge in [0.05, 0.1) is 0 Å². The lowest BCUT2D eigenvalue weighted by atomic mass is 9.99. The van der Waals surface area contributed by atoms with Gasteiger partial charge in [-0.2, -0.15) is 0 Å². The Morgan fingerprint density at radius 1 is 1.27 bits per heavy atom. The number of aromatic nitrogens is 2. The smallest absolute Gasteiger partial charge is 0.408 e. The summed E-state index contributed by atoms with van der Waals surface area (Å²) in [5, 5.41) is 11.6. The zero-order valence-electron chi connectivity index (χ0n) is 16.0. The number of carbonyl (C=O) groups excluding carboxylic acids is 1. The van der Waals surface area contributed by atoms with Crippen LogP contribution in [0.5, 0.6) is 0 Å². The molecule has 0 saturated carbocycles.